The van der Waals surface area contributed by atoms with Crippen LogP contribution in [0.4, 0.5) is 5.82 Å². The average Bonchev–Trinajstić information content (AvgIpc) is 2.34. The lowest BCUT2D eigenvalue weighted by molar-refractivity contribution is 0.285. The van der Waals surface area contributed by atoms with Crippen LogP contribution in [-0.2, 0) is 5.41 Å². The summed E-state index contributed by atoms with van der Waals surface area (Å²) in [5.41, 5.74) is 7.20. The minimum Gasteiger partial charge on any atom is -0.383 e. The quantitative estimate of drug-likeness (QED) is 0.846. The maximum Gasteiger partial charge on any atom is 0.141 e. The van der Waals surface area contributed by atoms with E-state index in [4.69, 9.17) is 5.73 Å². The molecule has 3 rings (SSSR count). The number of nitrogens with two attached hydrogens (primary N) is 1. The highest BCUT2D eigenvalue weighted by molar-refractivity contribution is 14.1. The van der Waals surface area contributed by atoms with Gasteiger partial charge in [0.05, 0.1) is 8.99 Å². The Balaban J connectivity index is 2.09. The van der Waals surface area contributed by atoms with Gasteiger partial charge in [0.2, 0.25) is 0 Å². The molecule has 0 aliphatic heterocycles. The first-order chi connectivity index (χ1) is 8.72. The van der Waals surface area contributed by atoms with E-state index in [-0.39, 0.29) is 5.41 Å². The van der Waals surface area contributed by atoms with Crippen LogP contribution in [-0.4, -0.2) is 9.97 Å². The van der Waals surface area contributed by atoms with E-state index in [0.29, 0.717) is 5.82 Å². The minimum absolute atomic E-state index is 0.0142. The first-order valence-corrected chi connectivity index (χ1v) is 7.14. The number of nitrogens with zero attached hydrogens (tertiary/aromatic N) is 2. The number of rotatable bonds is 2. The van der Waals surface area contributed by atoms with Gasteiger partial charge in [-0.25, -0.2) is 9.97 Å². The molecule has 1 aromatic heterocycles. The SMILES string of the molecule is Nc1nc(C2(c3ccccc3)CCC2)ncc1I. The Morgan fingerprint density at radius 3 is 2.44 bits per heavy atom. The summed E-state index contributed by atoms with van der Waals surface area (Å²) in [5.74, 6) is 1.46. The molecule has 0 saturated heterocycles. The zero-order chi connectivity index (χ0) is 12.6. The molecule has 1 aliphatic rings. The summed E-state index contributed by atoms with van der Waals surface area (Å²) in [6.07, 6.45) is 5.26. The second kappa shape index (κ2) is 4.50. The third-order valence-corrected chi connectivity index (χ3v) is 4.56. The van der Waals surface area contributed by atoms with Gasteiger partial charge >= 0.3 is 0 Å². The van der Waals surface area contributed by atoms with Crippen LogP contribution in [0, 0.1) is 3.57 Å². The molecular formula is C14H14IN3. The minimum atomic E-state index is -0.0142. The van der Waals surface area contributed by atoms with Crippen LogP contribution in [0.3, 0.4) is 0 Å². The normalized spacial score (nSPS) is 17.2. The van der Waals surface area contributed by atoms with Gasteiger partial charge in [-0.2, -0.15) is 0 Å². The standard InChI is InChI=1S/C14H14IN3/c15-11-9-17-13(18-12(11)16)14(7-4-8-14)10-5-2-1-3-6-10/h1-3,5-6,9H,4,7-8H2,(H2,16,17,18). The second-order valence-electron chi connectivity index (χ2n) is 4.73. The van der Waals surface area contributed by atoms with Gasteiger partial charge in [0, 0.05) is 6.20 Å². The summed E-state index contributed by atoms with van der Waals surface area (Å²) >= 11 is 2.16. The van der Waals surface area contributed by atoms with Crippen molar-refractivity contribution in [3.05, 3.63) is 51.5 Å². The molecule has 0 spiro atoms. The predicted octanol–water partition coefficient (Wildman–Crippen LogP) is 3.13. The van der Waals surface area contributed by atoms with Crippen molar-refractivity contribution in [1.82, 2.24) is 9.97 Å². The maximum absolute atomic E-state index is 5.92. The Bertz CT molecular complexity index is 565. The van der Waals surface area contributed by atoms with E-state index in [2.05, 4.69) is 56.8 Å². The van der Waals surface area contributed by atoms with E-state index in [1.165, 1.54) is 12.0 Å². The van der Waals surface area contributed by atoms with E-state index in [1.807, 2.05) is 12.3 Å². The first kappa shape index (κ1) is 11.9. The Morgan fingerprint density at radius 1 is 1.17 bits per heavy atom. The summed E-state index contributed by atoms with van der Waals surface area (Å²) < 4.78 is 0.916. The van der Waals surface area contributed by atoms with Gasteiger partial charge in [-0.1, -0.05) is 36.8 Å². The smallest absolute Gasteiger partial charge is 0.141 e. The van der Waals surface area contributed by atoms with E-state index >= 15 is 0 Å². The monoisotopic (exact) mass is 351 g/mol. The molecular weight excluding hydrogens is 337 g/mol. The number of halogens is 1. The Hall–Kier alpha value is -1.17. The van der Waals surface area contributed by atoms with Crippen molar-refractivity contribution in [2.75, 3.05) is 5.73 Å². The maximum atomic E-state index is 5.92. The van der Waals surface area contributed by atoms with Gasteiger partial charge in [0.1, 0.15) is 11.6 Å². The van der Waals surface area contributed by atoms with Crippen LogP contribution < -0.4 is 5.73 Å². The largest absolute Gasteiger partial charge is 0.383 e. The Morgan fingerprint density at radius 2 is 1.89 bits per heavy atom. The fourth-order valence-electron chi connectivity index (χ4n) is 2.54. The zero-order valence-electron chi connectivity index (χ0n) is 9.94. The highest BCUT2D eigenvalue weighted by atomic mass is 127. The van der Waals surface area contributed by atoms with Gasteiger partial charge < -0.3 is 5.73 Å². The van der Waals surface area contributed by atoms with Gasteiger partial charge in [0.25, 0.3) is 0 Å². The highest BCUT2D eigenvalue weighted by Crippen LogP contribution is 2.47. The fourth-order valence-corrected chi connectivity index (χ4v) is 2.80. The van der Waals surface area contributed by atoms with Crippen LogP contribution in [0.15, 0.2) is 36.5 Å². The van der Waals surface area contributed by atoms with Crippen molar-refractivity contribution >= 4 is 28.4 Å². The lowest BCUT2D eigenvalue weighted by Crippen LogP contribution is -2.37. The molecule has 1 fully saturated rings. The molecule has 3 nitrogen and oxygen atoms in total. The van der Waals surface area contributed by atoms with Crippen molar-refractivity contribution in [1.29, 1.82) is 0 Å². The van der Waals surface area contributed by atoms with E-state index < -0.39 is 0 Å². The lowest BCUT2D eigenvalue weighted by atomic mass is 9.64. The molecule has 92 valence electrons. The van der Waals surface area contributed by atoms with Crippen molar-refractivity contribution in [2.24, 2.45) is 0 Å². The molecule has 0 unspecified atom stereocenters. The predicted molar refractivity (Wildman–Crippen MR) is 80.2 cm³/mol. The summed E-state index contributed by atoms with van der Waals surface area (Å²) in [7, 11) is 0. The summed E-state index contributed by atoms with van der Waals surface area (Å²) in [6.45, 7) is 0. The summed E-state index contributed by atoms with van der Waals surface area (Å²) in [4.78, 5) is 9.01. The Kier molecular flexibility index (Phi) is 2.97. The summed E-state index contributed by atoms with van der Waals surface area (Å²) in [6, 6.07) is 10.5. The van der Waals surface area contributed by atoms with Crippen molar-refractivity contribution in [3.8, 4) is 0 Å². The fraction of sp³-hybridized carbons (Fsp3) is 0.286. The molecule has 0 amide bonds. The van der Waals surface area contributed by atoms with Crippen LogP contribution in [0.2, 0.25) is 0 Å². The van der Waals surface area contributed by atoms with Crippen molar-refractivity contribution in [2.45, 2.75) is 24.7 Å². The first-order valence-electron chi connectivity index (χ1n) is 6.06. The van der Waals surface area contributed by atoms with E-state index in [9.17, 15) is 0 Å². The van der Waals surface area contributed by atoms with Crippen molar-refractivity contribution < 1.29 is 0 Å². The lowest BCUT2D eigenvalue weighted by Gasteiger charge is -2.41. The topological polar surface area (TPSA) is 51.8 Å². The molecule has 0 radical (unpaired) electrons. The van der Waals surface area contributed by atoms with E-state index in [1.54, 1.807) is 0 Å². The summed E-state index contributed by atoms with van der Waals surface area (Å²) in [5, 5.41) is 0. The number of benzene rings is 1. The van der Waals surface area contributed by atoms with Gasteiger partial charge in [0.15, 0.2) is 0 Å². The molecule has 0 atom stereocenters. The molecule has 0 bridgehead atoms. The van der Waals surface area contributed by atoms with Crippen LogP contribution in [0.25, 0.3) is 0 Å². The third kappa shape index (κ3) is 1.79. The number of hydrogen-bond donors (Lipinski definition) is 1. The highest BCUT2D eigenvalue weighted by Gasteiger charge is 2.43. The van der Waals surface area contributed by atoms with Gasteiger partial charge in [-0.3, -0.25) is 0 Å². The number of nitrogen functional groups attached to an aromatic ring is 1. The molecule has 1 saturated carbocycles. The van der Waals surface area contributed by atoms with Gasteiger partial charge in [-0.05, 0) is 41.0 Å². The molecule has 1 heterocycles. The van der Waals surface area contributed by atoms with Crippen LogP contribution in [0.5, 0.6) is 0 Å². The second-order valence-corrected chi connectivity index (χ2v) is 5.89. The number of hydrogen-bond acceptors (Lipinski definition) is 3. The van der Waals surface area contributed by atoms with E-state index in [0.717, 1.165) is 22.2 Å². The zero-order valence-corrected chi connectivity index (χ0v) is 12.1. The average molecular weight is 351 g/mol. The third-order valence-electron chi connectivity index (χ3n) is 3.73. The number of aromatic nitrogens is 2. The molecule has 18 heavy (non-hydrogen) atoms. The van der Waals surface area contributed by atoms with Gasteiger partial charge in [-0.15, -0.1) is 0 Å². The van der Waals surface area contributed by atoms with Crippen LogP contribution >= 0.6 is 22.6 Å². The molecule has 2 aromatic rings. The number of anilines is 1. The molecule has 4 heteroatoms. The molecule has 1 aromatic carbocycles. The molecule has 2 N–H and O–H groups in total. The molecule has 1 aliphatic carbocycles. The van der Waals surface area contributed by atoms with Crippen molar-refractivity contribution in [3.63, 3.8) is 0 Å². The van der Waals surface area contributed by atoms with Crippen LogP contribution in [0.1, 0.15) is 30.7 Å². The Labute approximate surface area is 120 Å².